The molecule has 0 saturated carbocycles. The van der Waals surface area contributed by atoms with E-state index in [0.29, 0.717) is 12.5 Å². The van der Waals surface area contributed by atoms with Crippen LogP contribution in [0.1, 0.15) is 37.3 Å². The second kappa shape index (κ2) is 3.84. The van der Waals surface area contributed by atoms with E-state index < -0.39 is 0 Å². The molecule has 0 bridgehead atoms. The van der Waals surface area contributed by atoms with E-state index in [-0.39, 0.29) is 11.3 Å². The van der Waals surface area contributed by atoms with Crippen LogP contribution in [0.15, 0.2) is 22.7 Å². The monoisotopic (exact) mass is 293 g/mol. The minimum absolute atomic E-state index is 0.0713. The molecule has 2 aliphatic rings. The van der Waals surface area contributed by atoms with Crippen LogP contribution in [0.4, 0.5) is 0 Å². The summed E-state index contributed by atoms with van der Waals surface area (Å²) >= 11 is 3.52. The van der Waals surface area contributed by atoms with Crippen molar-refractivity contribution in [1.82, 2.24) is 5.32 Å². The molecule has 3 rings (SSSR count). The molecule has 1 aromatic carbocycles. The van der Waals surface area contributed by atoms with E-state index in [4.69, 9.17) is 0 Å². The van der Waals surface area contributed by atoms with Crippen molar-refractivity contribution in [3.63, 3.8) is 0 Å². The first-order valence-electron chi connectivity index (χ1n) is 6.24. The third-order valence-electron chi connectivity index (χ3n) is 4.33. The maximum atomic E-state index is 11.7. The Kier molecular flexibility index (Phi) is 2.54. The van der Waals surface area contributed by atoms with Gasteiger partial charge in [-0.25, -0.2) is 0 Å². The zero-order valence-electron chi connectivity index (χ0n) is 9.92. The van der Waals surface area contributed by atoms with E-state index in [1.54, 1.807) is 0 Å². The highest BCUT2D eigenvalue weighted by atomic mass is 79.9. The van der Waals surface area contributed by atoms with Gasteiger partial charge in [0.1, 0.15) is 0 Å². The number of halogens is 1. The van der Waals surface area contributed by atoms with Gasteiger partial charge >= 0.3 is 0 Å². The van der Waals surface area contributed by atoms with Crippen LogP contribution in [0.3, 0.4) is 0 Å². The van der Waals surface area contributed by atoms with Gasteiger partial charge in [0.05, 0.1) is 0 Å². The summed E-state index contributed by atoms with van der Waals surface area (Å²) in [5.41, 5.74) is 2.88. The van der Waals surface area contributed by atoms with E-state index in [1.165, 1.54) is 11.1 Å². The molecule has 1 spiro atoms. The fourth-order valence-corrected chi connectivity index (χ4v) is 3.99. The summed E-state index contributed by atoms with van der Waals surface area (Å²) in [6.07, 6.45) is 3.89. The Hall–Kier alpha value is -0.830. The van der Waals surface area contributed by atoms with Crippen LogP contribution in [-0.4, -0.2) is 11.9 Å². The molecule has 1 saturated heterocycles. The van der Waals surface area contributed by atoms with Crippen molar-refractivity contribution < 1.29 is 4.79 Å². The van der Waals surface area contributed by atoms with E-state index in [1.807, 2.05) is 0 Å². The topological polar surface area (TPSA) is 29.1 Å². The Morgan fingerprint density at radius 1 is 1.53 bits per heavy atom. The van der Waals surface area contributed by atoms with Crippen molar-refractivity contribution in [2.24, 2.45) is 0 Å². The van der Waals surface area contributed by atoms with Gasteiger partial charge in [-0.1, -0.05) is 28.9 Å². The Balaban J connectivity index is 2.10. The molecule has 90 valence electrons. The fraction of sp³-hybridized carbons (Fsp3) is 0.500. The number of benzene rings is 1. The first-order valence-corrected chi connectivity index (χ1v) is 7.03. The highest BCUT2D eigenvalue weighted by Gasteiger charge is 2.50. The maximum absolute atomic E-state index is 11.7. The predicted octanol–water partition coefficient (Wildman–Crippen LogP) is 2.93. The normalized spacial score (nSPS) is 30.7. The molecular formula is C14H16BrNO. The average Bonchev–Trinajstić information content (AvgIpc) is 2.81. The molecule has 0 aromatic heterocycles. The molecule has 1 aliphatic heterocycles. The van der Waals surface area contributed by atoms with Gasteiger partial charge in [0.2, 0.25) is 5.91 Å². The number of nitrogens with one attached hydrogen (secondary N) is 1. The average molecular weight is 294 g/mol. The van der Waals surface area contributed by atoms with Crippen molar-refractivity contribution in [1.29, 1.82) is 0 Å². The molecule has 1 aliphatic carbocycles. The van der Waals surface area contributed by atoms with E-state index in [0.717, 1.165) is 23.7 Å². The Labute approximate surface area is 110 Å². The SMILES string of the molecule is CCC1NC(=O)CC12CCc1cc(Br)ccc12. The molecule has 1 amide bonds. The fourth-order valence-electron chi connectivity index (χ4n) is 3.58. The van der Waals surface area contributed by atoms with Crippen LogP contribution in [0.2, 0.25) is 0 Å². The van der Waals surface area contributed by atoms with Gasteiger partial charge in [0, 0.05) is 22.4 Å². The van der Waals surface area contributed by atoms with Crippen molar-refractivity contribution in [3.05, 3.63) is 33.8 Å². The van der Waals surface area contributed by atoms with E-state index >= 15 is 0 Å². The van der Waals surface area contributed by atoms with E-state index in [9.17, 15) is 4.79 Å². The molecule has 1 N–H and O–H groups in total. The van der Waals surface area contributed by atoms with Crippen LogP contribution in [-0.2, 0) is 16.6 Å². The van der Waals surface area contributed by atoms with Gasteiger partial charge in [0.25, 0.3) is 0 Å². The molecule has 1 aromatic rings. The van der Waals surface area contributed by atoms with Gasteiger partial charge in [-0.15, -0.1) is 0 Å². The van der Waals surface area contributed by atoms with Crippen LogP contribution in [0, 0.1) is 0 Å². The third-order valence-corrected chi connectivity index (χ3v) is 4.82. The Morgan fingerprint density at radius 3 is 3.12 bits per heavy atom. The quantitative estimate of drug-likeness (QED) is 0.847. The first-order chi connectivity index (χ1) is 8.15. The number of hydrogen-bond acceptors (Lipinski definition) is 1. The van der Waals surface area contributed by atoms with Gasteiger partial charge in [-0.05, 0) is 42.5 Å². The molecule has 1 heterocycles. The highest BCUT2D eigenvalue weighted by molar-refractivity contribution is 9.10. The van der Waals surface area contributed by atoms with Crippen molar-refractivity contribution in [3.8, 4) is 0 Å². The lowest BCUT2D eigenvalue weighted by molar-refractivity contribution is -0.119. The first kappa shape index (κ1) is 11.3. The largest absolute Gasteiger partial charge is 0.352 e. The zero-order chi connectivity index (χ0) is 12.0. The lowest BCUT2D eigenvalue weighted by Gasteiger charge is -2.30. The summed E-state index contributed by atoms with van der Waals surface area (Å²) in [4.78, 5) is 11.7. The van der Waals surface area contributed by atoms with Crippen LogP contribution < -0.4 is 5.32 Å². The molecule has 17 heavy (non-hydrogen) atoms. The lowest BCUT2D eigenvalue weighted by atomic mass is 9.74. The van der Waals surface area contributed by atoms with Crippen LogP contribution in [0.5, 0.6) is 0 Å². The number of amides is 1. The summed E-state index contributed by atoms with van der Waals surface area (Å²) in [7, 11) is 0. The molecule has 2 nitrogen and oxygen atoms in total. The van der Waals surface area contributed by atoms with Crippen LogP contribution in [0.25, 0.3) is 0 Å². The van der Waals surface area contributed by atoms with Gasteiger partial charge < -0.3 is 5.32 Å². The standard InChI is InChI=1S/C14H16BrNO/c1-2-12-14(8-13(17)16-12)6-5-9-7-10(15)3-4-11(9)14/h3-4,7,12H,2,5-6,8H2,1H3,(H,16,17). The minimum atomic E-state index is 0.0713. The van der Waals surface area contributed by atoms with E-state index in [2.05, 4.69) is 46.4 Å². The number of rotatable bonds is 1. The number of fused-ring (bicyclic) bond motifs is 2. The predicted molar refractivity (Wildman–Crippen MR) is 71.0 cm³/mol. The third kappa shape index (κ3) is 1.55. The van der Waals surface area contributed by atoms with Gasteiger partial charge in [0.15, 0.2) is 0 Å². The minimum Gasteiger partial charge on any atom is -0.352 e. The van der Waals surface area contributed by atoms with Crippen molar-refractivity contribution in [2.45, 2.75) is 44.1 Å². The number of hydrogen-bond donors (Lipinski definition) is 1. The smallest absolute Gasteiger partial charge is 0.221 e. The van der Waals surface area contributed by atoms with Crippen molar-refractivity contribution >= 4 is 21.8 Å². The summed E-state index contributed by atoms with van der Waals surface area (Å²) in [6.45, 7) is 2.16. The molecular weight excluding hydrogens is 278 g/mol. The molecule has 2 unspecified atom stereocenters. The second-order valence-corrected chi connectivity index (χ2v) is 6.08. The van der Waals surface area contributed by atoms with Crippen molar-refractivity contribution in [2.75, 3.05) is 0 Å². The zero-order valence-corrected chi connectivity index (χ0v) is 11.5. The number of carbonyl (C=O) groups is 1. The number of carbonyl (C=O) groups excluding carboxylic acids is 1. The molecule has 0 radical (unpaired) electrons. The molecule has 1 fully saturated rings. The summed E-state index contributed by atoms with van der Waals surface area (Å²) < 4.78 is 1.14. The summed E-state index contributed by atoms with van der Waals surface area (Å²) in [6, 6.07) is 6.83. The molecule has 2 atom stereocenters. The van der Waals surface area contributed by atoms with Crippen LogP contribution >= 0.6 is 15.9 Å². The summed E-state index contributed by atoms with van der Waals surface area (Å²) in [5.74, 6) is 0.215. The van der Waals surface area contributed by atoms with Gasteiger partial charge in [-0.2, -0.15) is 0 Å². The Morgan fingerprint density at radius 2 is 2.35 bits per heavy atom. The maximum Gasteiger partial charge on any atom is 0.221 e. The van der Waals surface area contributed by atoms with Gasteiger partial charge in [-0.3, -0.25) is 4.79 Å². The number of aryl methyl sites for hydroxylation is 1. The lowest BCUT2D eigenvalue weighted by Crippen LogP contribution is -2.38. The highest BCUT2D eigenvalue weighted by Crippen LogP contribution is 2.48. The molecule has 3 heteroatoms. The Bertz CT molecular complexity index is 485. The summed E-state index contributed by atoms with van der Waals surface area (Å²) in [5, 5.41) is 3.14. The second-order valence-electron chi connectivity index (χ2n) is 5.16.